The molecule has 7 heteroatoms. The lowest BCUT2D eigenvalue weighted by Gasteiger charge is -2.44. The topological polar surface area (TPSA) is 59.1 Å². The van der Waals surface area contributed by atoms with Crippen molar-refractivity contribution in [3.8, 4) is 0 Å². The van der Waals surface area contributed by atoms with Gasteiger partial charge in [-0.05, 0) is 49.9 Å². The van der Waals surface area contributed by atoms with E-state index in [1.54, 1.807) is 4.90 Å². The number of nitrogens with one attached hydrogen (secondary N) is 1. The van der Waals surface area contributed by atoms with E-state index in [2.05, 4.69) is 54.1 Å². The minimum atomic E-state index is -0.323. The normalized spacial score (nSPS) is 25.6. The van der Waals surface area contributed by atoms with Gasteiger partial charge in [-0.1, -0.05) is 51.5 Å². The number of carbonyl (C=O) groups is 2. The molecule has 0 aliphatic carbocycles. The second kappa shape index (κ2) is 10.4. The zero-order valence-electron chi connectivity index (χ0n) is 20.8. The van der Waals surface area contributed by atoms with Gasteiger partial charge in [0.05, 0.1) is 0 Å². The van der Waals surface area contributed by atoms with Crippen molar-refractivity contribution >= 4 is 17.6 Å². The van der Waals surface area contributed by atoms with E-state index in [9.17, 15) is 9.59 Å². The molecule has 3 aliphatic rings. The Balaban J connectivity index is 1.44. The van der Waals surface area contributed by atoms with E-state index in [0.29, 0.717) is 6.54 Å². The van der Waals surface area contributed by atoms with Crippen molar-refractivity contribution < 1.29 is 9.59 Å². The molecule has 182 valence electrons. The van der Waals surface area contributed by atoms with Crippen LogP contribution in [0.5, 0.6) is 0 Å². The number of urea groups is 1. The smallest absolute Gasteiger partial charge is 0.327 e. The van der Waals surface area contributed by atoms with Crippen LogP contribution in [0.3, 0.4) is 0 Å². The number of carbonyl (C=O) groups excluding carboxylic acids is 2. The molecule has 3 atom stereocenters. The summed E-state index contributed by atoms with van der Waals surface area (Å²) in [6.07, 6.45) is 8.84. The number of unbranched alkanes of at least 4 members (excludes halogenated alkanes) is 6. The predicted molar refractivity (Wildman–Crippen MR) is 132 cm³/mol. The van der Waals surface area contributed by atoms with E-state index in [0.717, 1.165) is 32.4 Å². The van der Waals surface area contributed by atoms with Crippen molar-refractivity contribution in [3.05, 3.63) is 29.3 Å². The lowest BCUT2D eigenvalue weighted by molar-refractivity contribution is -0.138. The Hall–Kier alpha value is -2.12. The summed E-state index contributed by atoms with van der Waals surface area (Å²) < 4.78 is 0. The van der Waals surface area contributed by atoms with Crippen molar-refractivity contribution in [2.75, 3.05) is 31.6 Å². The lowest BCUT2D eigenvalue weighted by atomic mass is 10.1. The van der Waals surface area contributed by atoms with Crippen LogP contribution in [0.1, 0.15) is 69.4 Å². The summed E-state index contributed by atoms with van der Waals surface area (Å²) in [5.74, 6) is -0.0358. The maximum absolute atomic E-state index is 13.6. The third-order valence-corrected chi connectivity index (χ3v) is 7.39. The fourth-order valence-corrected chi connectivity index (χ4v) is 5.73. The van der Waals surface area contributed by atoms with Gasteiger partial charge in [0.2, 0.25) is 0 Å². The van der Waals surface area contributed by atoms with Gasteiger partial charge in [0.1, 0.15) is 18.5 Å². The largest absolute Gasteiger partial charge is 0.343 e. The molecule has 4 rings (SSSR count). The molecule has 3 aliphatic heterocycles. The summed E-state index contributed by atoms with van der Waals surface area (Å²) in [6.45, 7) is 8.79. The fraction of sp³-hybridized carbons (Fsp3) is 0.692. The number of nitrogens with zero attached hydrogens (tertiary/aromatic N) is 4. The number of likely N-dealkylation sites (N-methyl/N-ethyl adjacent to an activating group) is 1. The van der Waals surface area contributed by atoms with Crippen LogP contribution in [0.15, 0.2) is 18.2 Å². The molecule has 3 unspecified atom stereocenters. The van der Waals surface area contributed by atoms with Crippen LogP contribution in [0.25, 0.3) is 0 Å². The molecule has 3 saturated heterocycles. The molecule has 7 nitrogen and oxygen atoms in total. The molecule has 0 aromatic heterocycles. The van der Waals surface area contributed by atoms with Crippen LogP contribution in [0, 0.1) is 13.8 Å². The molecule has 1 N–H and O–H groups in total. The van der Waals surface area contributed by atoms with Gasteiger partial charge in [0, 0.05) is 32.4 Å². The summed E-state index contributed by atoms with van der Waals surface area (Å²) in [6, 6.07) is 6.12. The number of imide groups is 1. The average Bonchev–Trinajstić information content (AvgIpc) is 3.18. The molecule has 1 aromatic carbocycles. The van der Waals surface area contributed by atoms with Crippen LogP contribution in [-0.4, -0.2) is 71.8 Å². The highest BCUT2D eigenvalue weighted by atomic mass is 16.2. The van der Waals surface area contributed by atoms with E-state index < -0.39 is 0 Å². The minimum absolute atomic E-state index is 0.0358. The first kappa shape index (κ1) is 24.0. The molecular weight excluding hydrogens is 414 g/mol. The molecule has 3 amide bonds. The van der Waals surface area contributed by atoms with Gasteiger partial charge >= 0.3 is 6.03 Å². The Morgan fingerprint density at radius 1 is 0.939 bits per heavy atom. The quantitative estimate of drug-likeness (QED) is 0.570. The SMILES string of the molecule is CCCCCCCCCN1C(=O)C2C(NC3N(c4cc(C)cc(C)c4)CCCN23)N(C)C1=O. The van der Waals surface area contributed by atoms with Crippen LogP contribution in [0.4, 0.5) is 10.5 Å². The van der Waals surface area contributed by atoms with Gasteiger partial charge in [0.25, 0.3) is 5.91 Å². The summed E-state index contributed by atoms with van der Waals surface area (Å²) in [5, 5.41) is 3.62. The van der Waals surface area contributed by atoms with Crippen LogP contribution >= 0.6 is 0 Å². The molecular formula is C26H41N5O2. The number of benzene rings is 1. The lowest BCUT2D eigenvalue weighted by Crippen LogP contribution is -2.66. The second-order valence-corrected chi connectivity index (χ2v) is 10.1. The number of aryl methyl sites for hydroxylation is 2. The number of fused-ring (bicyclic) bond motifs is 3. The van der Waals surface area contributed by atoms with Crippen LogP contribution in [-0.2, 0) is 4.79 Å². The molecule has 1 aromatic rings. The minimum Gasteiger partial charge on any atom is -0.343 e. The number of amides is 3. The fourth-order valence-electron chi connectivity index (χ4n) is 5.73. The van der Waals surface area contributed by atoms with Crippen molar-refractivity contribution in [2.45, 2.75) is 90.6 Å². The van der Waals surface area contributed by atoms with Gasteiger partial charge in [-0.25, -0.2) is 4.79 Å². The standard InChI is InChI=1S/C26H41N5O2/c1-5-6-7-8-9-10-11-13-31-24(32)22-23(28(4)26(31)33)27-25-29(14-12-15-30(22)25)21-17-19(2)16-20(3)18-21/h16-18,22-23,25,27H,5-15H2,1-4H3. The zero-order valence-corrected chi connectivity index (χ0v) is 20.8. The molecule has 3 heterocycles. The van der Waals surface area contributed by atoms with E-state index in [4.69, 9.17) is 0 Å². The predicted octanol–water partition coefficient (Wildman–Crippen LogP) is 4.04. The van der Waals surface area contributed by atoms with E-state index in [1.807, 2.05) is 7.05 Å². The summed E-state index contributed by atoms with van der Waals surface area (Å²) in [7, 11) is 1.83. The number of hydrogen-bond acceptors (Lipinski definition) is 5. The van der Waals surface area contributed by atoms with Gasteiger partial charge in [-0.3, -0.25) is 19.9 Å². The summed E-state index contributed by atoms with van der Waals surface area (Å²) in [5.41, 5.74) is 3.65. The Morgan fingerprint density at radius 3 is 2.30 bits per heavy atom. The highest BCUT2D eigenvalue weighted by Crippen LogP contribution is 2.33. The number of anilines is 1. The number of hydrogen-bond donors (Lipinski definition) is 1. The monoisotopic (exact) mass is 455 g/mol. The van der Waals surface area contributed by atoms with Crippen molar-refractivity contribution in [1.29, 1.82) is 0 Å². The first-order chi connectivity index (χ1) is 15.9. The first-order valence-electron chi connectivity index (χ1n) is 12.9. The van der Waals surface area contributed by atoms with Gasteiger partial charge < -0.3 is 9.80 Å². The van der Waals surface area contributed by atoms with Crippen LogP contribution < -0.4 is 10.2 Å². The van der Waals surface area contributed by atoms with Crippen molar-refractivity contribution in [3.63, 3.8) is 0 Å². The zero-order chi connectivity index (χ0) is 23.5. The third kappa shape index (κ3) is 4.90. The average molecular weight is 456 g/mol. The Labute approximate surface area is 199 Å². The van der Waals surface area contributed by atoms with Crippen molar-refractivity contribution in [1.82, 2.24) is 20.0 Å². The van der Waals surface area contributed by atoms with Gasteiger partial charge in [0.15, 0.2) is 0 Å². The first-order valence-corrected chi connectivity index (χ1v) is 12.9. The van der Waals surface area contributed by atoms with E-state index in [-0.39, 0.29) is 30.4 Å². The molecule has 0 bridgehead atoms. The van der Waals surface area contributed by atoms with Gasteiger partial charge in [-0.15, -0.1) is 0 Å². The maximum atomic E-state index is 13.6. The highest BCUT2D eigenvalue weighted by Gasteiger charge is 2.55. The van der Waals surface area contributed by atoms with E-state index >= 15 is 0 Å². The highest BCUT2D eigenvalue weighted by molar-refractivity contribution is 6.00. The van der Waals surface area contributed by atoms with Crippen LogP contribution in [0.2, 0.25) is 0 Å². The summed E-state index contributed by atoms with van der Waals surface area (Å²) in [4.78, 5) is 34.5. The maximum Gasteiger partial charge on any atom is 0.327 e. The Morgan fingerprint density at radius 2 is 1.61 bits per heavy atom. The third-order valence-electron chi connectivity index (χ3n) is 7.39. The molecule has 3 fully saturated rings. The molecule has 0 saturated carbocycles. The molecule has 0 radical (unpaired) electrons. The van der Waals surface area contributed by atoms with Crippen molar-refractivity contribution in [2.24, 2.45) is 0 Å². The Bertz CT molecular complexity index is 839. The second-order valence-electron chi connectivity index (χ2n) is 10.1. The number of rotatable bonds is 9. The van der Waals surface area contributed by atoms with Gasteiger partial charge in [-0.2, -0.15) is 0 Å². The molecule has 0 spiro atoms. The summed E-state index contributed by atoms with van der Waals surface area (Å²) >= 11 is 0. The Kier molecular flexibility index (Phi) is 7.59. The molecule has 33 heavy (non-hydrogen) atoms. The van der Waals surface area contributed by atoms with E-state index in [1.165, 1.54) is 53.8 Å².